The Bertz CT molecular complexity index is 542. The number of ether oxygens (including phenoxy) is 1. The van der Waals surface area contributed by atoms with Crippen molar-refractivity contribution in [3.8, 4) is 17.6 Å². The Hall–Kier alpha value is -1.60. The lowest BCUT2D eigenvalue weighted by Gasteiger charge is -2.07. The maximum atomic E-state index is 11.7. The van der Waals surface area contributed by atoms with Gasteiger partial charge in [0.15, 0.2) is 0 Å². The minimum atomic E-state index is 0.0750. The second kappa shape index (κ2) is 9.42. The molecule has 2 rings (SSSR count). The molecule has 22 heavy (non-hydrogen) atoms. The number of nitrogens with one attached hydrogen (secondary N) is 1. The second-order valence-corrected chi connectivity index (χ2v) is 6.69. The Labute approximate surface area is 137 Å². The van der Waals surface area contributed by atoms with Gasteiger partial charge < -0.3 is 10.1 Å². The Morgan fingerprint density at radius 1 is 1.32 bits per heavy atom. The summed E-state index contributed by atoms with van der Waals surface area (Å²) in [7, 11) is 0. The van der Waals surface area contributed by atoms with E-state index in [0.29, 0.717) is 24.2 Å². The van der Waals surface area contributed by atoms with Gasteiger partial charge in [-0.05, 0) is 31.4 Å². The molecular formula is C18H23NO2S. The van der Waals surface area contributed by atoms with Crippen molar-refractivity contribution in [1.82, 2.24) is 5.32 Å². The molecule has 1 aliphatic carbocycles. The van der Waals surface area contributed by atoms with Gasteiger partial charge in [0.25, 0.3) is 0 Å². The minimum Gasteiger partial charge on any atom is -0.481 e. The van der Waals surface area contributed by atoms with E-state index < -0.39 is 0 Å². The highest BCUT2D eigenvalue weighted by Gasteiger charge is 2.16. The van der Waals surface area contributed by atoms with Crippen LogP contribution in [-0.4, -0.2) is 30.1 Å². The largest absolute Gasteiger partial charge is 0.481 e. The average molecular weight is 317 g/mol. The van der Waals surface area contributed by atoms with Crippen LogP contribution in [0, 0.1) is 18.8 Å². The molecule has 1 aromatic rings. The fourth-order valence-electron chi connectivity index (χ4n) is 2.39. The van der Waals surface area contributed by atoms with Crippen LogP contribution in [0.3, 0.4) is 0 Å². The van der Waals surface area contributed by atoms with Gasteiger partial charge in [0, 0.05) is 5.25 Å². The van der Waals surface area contributed by atoms with E-state index in [9.17, 15) is 4.79 Å². The number of aryl methyl sites for hydroxylation is 1. The van der Waals surface area contributed by atoms with E-state index in [1.807, 2.05) is 31.2 Å². The summed E-state index contributed by atoms with van der Waals surface area (Å²) in [6.45, 7) is 2.74. The van der Waals surface area contributed by atoms with E-state index in [0.717, 1.165) is 11.3 Å². The SMILES string of the molecule is Cc1ccccc1OCC#CCNC(=O)CSC1CCCC1. The molecule has 0 saturated heterocycles. The number of hydrogen-bond donors (Lipinski definition) is 1. The molecule has 0 aliphatic heterocycles. The number of para-hydroxylation sites is 1. The number of thioether (sulfide) groups is 1. The molecule has 4 heteroatoms. The van der Waals surface area contributed by atoms with Crippen LogP contribution in [0.2, 0.25) is 0 Å². The first-order valence-electron chi connectivity index (χ1n) is 7.78. The molecule has 0 radical (unpaired) electrons. The topological polar surface area (TPSA) is 38.3 Å². The third-order valence-electron chi connectivity index (χ3n) is 3.64. The van der Waals surface area contributed by atoms with Crippen molar-refractivity contribution >= 4 is 17.7 Å². The monoisotopic (exact) mass is 317 g/mol. The maximum Gasteiger partial charge on any atom is 0.230 e. The van der Waals surface area contributed by atoms with Crippen LogP contribution in [0.1, 0.15) is 31.2 Å². The van der Waals surface area contributed by atoms with Crippen LogP contribution in [0.5, 0.6) is 5.75 Å². The van der Waals surface area contributed by atoms with Gasteiger partial charge in [0.1, 0.15) is 12.4 Å². The number of rotatable bonds is 6. The van der Waals surface area contributed by atoms with E-state index in [2.05, 4.69) is 17.2 Å². The molecule has 118 valence electrons. The molecule has 1 aromatic carbocycles. The molecule has 0 bridgehead atoms. The maximum absolute atomic E-state index is 11.7. The van der Waals surface area contributed by atoms with Gasteiger partial charge in [0.05, 0.1) is 12.3 Å². The zero-order valence-electron chi connectivity index (χ0n) is 13.1. The first-order chi connectivity index (χ1) is 10.8. The van der Waals surface area contributed by atoms with E-state index in [-0.39, 0.29) is 5.91 Å². The molecule has 0 spiro atoms. The summed E-state index contributed by atoms with van der Waals surface area (Å²) >= 11 is 1.77. The molecule has 1 aliphatic rings. The van der Waals surface area contributed by atoms with Crippen molar-refractivity contribution in [2.45, 2.75) is 37.9 Å². The molecule has 3 nitrogen and oxygen atoms in total. The van der Waals surface area contributed by atoms with Crippen LogP contribution in [0.4, 0.5) is 0 Å². The summed E-state index contributed by atoms with van der Waals surface area (Å²) in [5.41, 5.74) is 1.10. The summed E-state index contributed by atoms with van der Waals surface area (Å²) in [5.74, 6) is 7.32. The van der Waals surface area contributed by atoms with Crippen LogP contribution < -0.4 is 10.1 Å². The fourth-order valence-corrected chi connectivity index (χ4v) is 3.54. The average Bonchev–Trinajstić information content (AvgIpc) is 3.04. The second-order valence-electron chi connectivity index (χ2n) is 5.40. The zero-order valence-corrected chi connectivity index (χ0v) is 13.9. The van der Waals surface area contributed by atoms with E-state index in [4.69, 9.17) is 4.74 Å². The number of amides is 1. The first kappa shape index (κ1) is 16.8. The number of benzene rings is 1. The predicted molar refractivity (Wildman–Crippen MR) is 92.2 cm³/mol. The molecule has 0 unspecified atom stereocenters. The third-order valence-corrected chi connectivity index (χ3v) is 5.02. The van der Waals surface area contributed by atoms with Crippen molar-refractivity contribution < 1.29 is 9.53 Å². The lowest BCUT2D eigenvalue weighted by atomic mass is 10.2. The zero-order chi connectivity index (χ0) is 15.6. The van der Waals surface area contributed by atoms with E-state index >= 15 is 0 Å². The quantitative estimate of drug-likeness (QED) is 0.819. The lowest BCUT2D eigenvalue weighted by Crippen LogP contribution is -2.26. The van der Waals surface area contributed by atoms with Gasteiger partial charge in [-0.15, -0.1) is 11.8 Å². The predicted octanol–water partition coefficient (Wildman–Crippen LogP) is 3.17. The summed E-state index contributed by atoms with van der Waals surface area (Å²) in [5, 5.41) is 3.51. The van der Waals surface area contributed by atoms with E-state index in [1.54, 1.807) is 11.8 Å². The Balaban J connectivity index is 1.56. The van der Waals surface area contributed by atoms with Crippen molar-refractivity contribution in [3.63, 3.8) is 0 Å². The molecule has 0 aromatic heterocycles. The lowest BCUT2D eigenvalue weighted by molar-refractivity contribution is -0.118. The van der Waals surface area contributed by atoms with Crippen molar-refractivity contribution in [3.05, 3.63) is 29.8 Å². The Kier molecular flexibility index (Phi) is 7.18. The summed E-state index contributed by atoms with van der Waals surface area (Å²) in [6, 6.07) is 7.86. The normalized spacial score (nSPS) is 14.2. The molecule has 0 heterocycles. The smallest absolute Gasteiger partial charge is 0.230 e. The van der Waals surface area contributed by atoms with Crippen LogP contribution in [-0.2, 0) is 4.79 Å². The molecule has 1 saturated carbocycles. The minimum absolute atomic E-state index is 0.0750. The van der Waals surface area contributed by atoms with Crippen molar-refractivity contribution in [2.75, 3.05) is 18.9 Å². The number of hydrogen-bond acceptors (Lipinski definition) is 3. The van der Waals surface area contributed by atoms with Gasteiger partial charge in [-0.2, -0.15) is 0 Å². The fraction of sp³-hybridized carbons (Fsp3) is 0.500. The van der Waals surface area contributed by atoms with Crippen LogP contribution >= 0.6 is 11.8 Å². The highest BCUT2D eigenvalue weighted by atomic mass is 32.2. The van der Waals surface area contributed by atoms with Crippen molar-refractivity contribution in [1.29, 1.82) is 0 Å². The van der Waals surface area contributed by atoms with Gasteiger partial charge in [0.2, 0.25) is 5.91 Å². The summed E-state index contributed by atoms with van der Waals surface area (Å²) < 4.78 is 5.57. The molecular weight excluding hydrogens is 294 g/mol. The van der Waals surface area contributed by atoms with Gasteiger partial charge >= 0.3 is 0 Å². The number of carbonyl (C=O) groups excluding carboxylic acids is 1. The number of carbonyl (C=O) groups is 1. The van der Waals surface area contributed by atoms with Gasteiger partial charge in [-0.1, -0.05) is 42.9 Å². The molecule has 1 fully saturated rings. The third kappa shape index (κ3) is 6.03. The van der Waals surface area contributed by atoms with Gasteiger partial charge in [-0.25, -0.2) is 0 Å². The summed E-state index contributed by atoms with van der Waals surface area (Å²) in [4.78, 5) is 11.7. The Morgan fingerprint density at radius 2 is 2.09 bits per heavy atom. The molecule has 1 N–H and O–H groups in total. The highest BCUT2D eigenvalue weighted by Crippen LogP contribution is 2.28. The van der Waals surface area contributed by atoms with E-state index in [1.165, 1.54) is 25.7 Å². The highest BCUT2D eigenvalue weighted by molar-refractivity contribution is 8.00. The summed E-state index contributed by atoms with van der Waals surface area (Å²) in [6.07, 6.45) is 5.14. The van der Waals surface area contributed by atoms with Gasteiger partial charge in [-0.3, -0.25) is 4.79 Å². The first-order valence-corrected chi connectivity index (χ1v) is 8.83. The molecule has 0 atom stereocenters. The molecule has 1 amide bonds. The van der Waals surface area contributed by atoms with Crippen molar-refractivity contribution in [2.24, 2.45) is 0 Å². The van der Waals surface area contributed by atoms with Crippen LogP contribution in [0.15, 0.2) is 24.3 Å². The standard InChI is InChI=1S/C18H23NO2S/c1-15-8-2-5-11-17(15)21-13-7-6-12-19-18(20)14-22-16-9-3-4-10-16/h2,5,8,11,16H,3-4,9-10,12-14H2,1H3,(H,19,20). The Morgan fingerprint density at radius 3 is 2.86 bits per heavy atom. The van der Waals surface area contributed by atoms with Crippen LogP contribution in [0.25, 0.3) is 0 Å².